The summed E-state index contributed by atoms with van der Waals surface area (Å²) in [6.07, 6.45) is 2.62. The molecule has 2 aliphatic heterocycles. The molecule has 0 spiro atoms. The van der Waals surface area contributed by atoms with Crippen molar-refractivity contribution in [1.29, 1.82) is 0 Å². The van der Waals surface area contributed by atoms with Gasteiger partial charge in [0, 0.05) is 25.9 Å². The molecule has 3 rings (SSSR count). The van der Waals surface area contributed by atoms with E-state index >= 15 is 0 Å². The van der Waals surface area contributed by atoms with Crippen LogP contribution in [0.3, 0.4) is 0 Å². The van der Waals surface area contributed by atoms with Crippen molar-refractivity contribution >= 4 is 17.5 Å². The number of hydroxylamine groups is 1. The first-order chi connectivity index (χ1) is 11.7. The van der Waals surface area contributed by atoms with E-state index in [4.69, 9.17) is 14.3 Å². The Morgan fingerprint density at radius 3 is 2.92 bits per heavy atom. The number of benzene rings is 1. The van der Waals surface area contributed by atoms with Gasteiger partial charge in [-0.1, -0.05) is 12.1 Å². The van der Waals surface area contributed by atoms with Gasteiger partial charge in [-0.3, -0.25) is 9.59 Å². The molecule has 0 saturated carbocycles. The summed E-state index contributed by atoms with van der Waals surface area (Å²) in [4.78, 5) is 31.1. The number of carbonyl (C=O) groups is 2. The maximum Gasteiger partial charge on any atom is 0.244 e. The molecule has 2 amide bonds. The summed E-state index contributed by atoms with van der Waals surface area (Å²) < 4.78 is 10.9. The van der Waals surface area contributed by atoms with Crippen molar-refractivity contribution in [3.8, 4) is 5.75 Å². The predicted octanol–water partition coefficient (Wildman–Crippen LogP) is 1.77. The van der Waals surface area contributed by atoms with E-state index in [-0.39, 0.29) is 30.9 Å². The summed E-state index contributed by atoms with van der Waals surface area (Å²) in [5, 5.41) is 0. The molecule has 2 heterocycles. The average Bonchev–Trinajstić information content (AvgIpc) is 2.64. The van der Waals surface area contributed by atoms with Crippen LogP contribution in [0.2, 0.25) is 0 Å². The number of carbonyl (C=O) groups excluding carboxylic acids is 2. The van der Waals surface area contributed by atoms with Crippen LogP contribution in [0, 0.1) is 0 Å². The Morgan fingerprint density at radius 1 is 1.21 bits per heavy atom. The van der Waals surface area contributed by atoms with Crippen LogP contribution in [0.25, 0.3) is 0 Å². The van der Waals surface area contributed by atoms with Crippen molar-refractivity contribution < 1.29 is 23.9 Å². The van der Waals surface area contributed by atoms with E-state index in [1.165, 1.54) is 0 Å². The second kappa shape index (κ2) is 8.12. The molecular weight excluding hydrogens is 312 g/mol. The maximum atomic E-state index is 12.4. The summed E-state index contributed by atoms with van der Waals surface area (Å²) >= 11 is 0. The number of fused-ring (bicyclic) bond motifs is 1. The minimum Gasteiger partial charge on any atom is -0.490 e. The fourth-order valence-corrected chi connectivity index (χ4v) is 2.77. The third kappa shape index (κ3) is 4.24. The van der Waals surface area contributed by atoms with Gasteiger partial charge < -0.3 is 14.4 Å². The molecule has 0 unspecified atom stereocenters. The molecule has 2 aliphatic rings. The predicted molar refractivity (Wildman–Crippen MR) is 86.3 cm³/mol. The lowest BCUT2D eigenvalue weighted by Gasteiger charge is -2.29. The quantitative estimate of drug-likeness (QED) is 0.831. The van der Waals surface area contributed by atoms with Gasteiger partial charge in [0.05, 0.1) is 12.2 Å². The van der Waals surface area contributed by atoms with Gasteiger partial charge in [-0.25, -0.2) is 10.3 Å². The van der Waals surface area contributed by atoms with Crippen molar-refractivity contribution in [2.45, 2.75) is 38.4 Å². The standard InChI is InChI=1S/C17H22N2O5/c20-15(18-24-17-7-3-4-11-23-17)8-9-16(21)19-10-12-22-14-6-2-1-5-13(14)19/h1-2,5-6,17H,3-4,7-12H2,(H,18,20)/t17-/m1/s1. The van der Waals surface area contributed by atoms with Crippen LogP contribution in [-0.2, 0) is 19.2 Å². The largest absolute Gasteiger partial charge is 0.490 e. The molecule has 1 fully saturated rings. The average molecular weight is 334 g/mol. The Morgan fingerprint density at radius 2 is 2.08 bits per heavy atom. The van der Waals surface area contributed by atoms with Crippen LogP contribution in [0.1, 0.15) is 32.1 Å². The van der Waals surface area contributed by atoms with Crippen molar-refractivity contribution in [2.75, 3.05) is 24.7 Å². The number of nitrogens with zero attached hydrogens (tertiary/aromatic N) is 1. The monoisotopic (exact) mass is 334 g/mol. The lowest BCUT2D eigenvalue weighted by Crippen LogP contribution is -2.39. The van der Waals surface area contributed by atoms with E-state index in [9.17, 15) is 9.59 Å². The Balaban J connectivity index is 1.44. The number of anilines is 1. The topological polar surface area (TPSA) is 77.1 Å². The van der Waals surface area contributed by atoms with Crippen LogP contribution in [-0.4, -0.2) is 37.9 Å². The van der Waals surface area contributed by atoms with Crippen molar-refractivity contribution in [1.82, 2.24) is 5.48 Å². The second-order valence-corrected chi connectivity index (χ2v) is 5.80. The van der Waals surface area contributed by atoms with Gasteiger partial charge in [0.15, 0.2) is 6.29 Å². The molecule has 7 nitrogen and oxygen atoms in total. The molecular formula is C17H22N2O5. The highest BCUT2D eigenvalue weighted by atomic mass is 16.8. The molecule has 0 aliphatic carbocycles. The number of amides is 2. The molecule has 24 heavy (non-hydrogen) atoms. The molecule has 7 heteroatoms. The van der Waals surface area contributed by atoms with Crippen LogP contribution in [0.4, 0.5) is 5.69 Å². The van der Waals surface area contributed by atoms with E-state index in [1.807, 2.05) is 24.3 Å². The van der Waals surface area contributed by atoms with Crippen LogP contribution in [0.15, 0.2) is 24.3 Å². The van der Waals surface area contributed by atoms with Gasteiger partial charge in [0.25, 0.3) is 0 Å². The van der Waals surface area contributed by atoms with Crippen molar-refractivity contribution in [2.24, 2.45) is 0 Å². The van der Waals surface area contributed by atoms with Crippen LogP contribution < -0.4 is 15.1 Å². The van der Waals surface area contributed by atoms with Gasteiger partial charge in [0.2, 0.25) is 11.8 Å². The summed E-state index contributed by atoms with van der Waals surface area (Å²) in [6, 6.07) is 7.40. The van der Waals surface area contributed by atoms with Crippen LogP contribution >= 0.6 is 0 Å². The van der Waals surface area contributed by atoms with Gasteiger partial charge in [-0.05, 0) is 25.0 Å². The Labute approximate surface area is 140 Å². The number of para-hydroxylation sites is 2. The normalized spacial score (nSPS) is 20.0. The number of ether oxygens (including phenoxy) is 2. The van der Waals surface area contributed by atoms with Gasteiger partial charge in [-0.2, -0.15) is 0 Å². The minimum absolute atomic E-state index is 0.0745. The number of hydrogen-bond acceptors (Lipinski definition) is 5. The first kappa shape index (κ1) is 16.7. The van der Waals surface area contributed by atoms with E-state index < -0.39 is 0 Å². The SMILES string of the molecule is O=C(CCC(=O)N1CCOc2ccccc21)NO[C@@H]1CCCCO1. The fraction of sp³-hybridized carbons (Fsp3) is 0.529. The maximum absolute atomic E-state index is 12.4. The van der Waals surface area contributed by atoms with E-state index in [0.29, 0.717) is 25.5 Å². The lowest BCUT2D eigenvalue weighted by molar-refractivity contribution is -0.200. The lowest BCUT2D eigenvalue weighted by atomic mass is 10.2. The smallest absolute Gasteiger partial charge is 0.244 e. The molecule has 1 saturated heterocycles. The number of rotatable bonds is 5. The molecule has 0 radical (unpaired) electrons. The molecule has 0 aromatic heterocycles. The Hall–Kier alpha value is -2.12. The van der Waals surface area contributed by atoms with Crippen molar-refractivity contribution in [3.63, 3.8) is 0 Å². The molecule has 0 bridgehead atoms. The Bertz CT molecular complexity index is 586. The number of hydrogen-bond donors (Lipinski definition) is 1. The third-order valence-electron chi connectivity index (χ3n) is 4.04. The fourth-order valence-electron chi connectivity index (χ4n) is 2.77. The number of nitrogens with one attached hydrogen (secondary N) is 1. The summed E-state index contributed by atoms with van der Waals surface area (Å²) in [7, 11) is 0. The highest BCUT2D eigenvalue weighted by molar-refractivity contribution is 5.96. The highest BCUT2D eigenvalue weighted by Crippen LogP contribution is 2.31. The molecule has 1 N–H and O–H groups in total. The van der Waals surface area contributed by atoms with E-state index in [1.54, 1.807) is 4.90 Å². The highest BCUT2D eigenvalue weighted by Gasteiger charge is 2.23. The summed E-state index contributed by atoms with van der Waals surface area (Å²) in [6.45, 7) is 1.59. The second-order valence-electron chi connectivity index (χ2n) is 5.80. The molecule has 130 valence electrons. The van der Waals surface area contributed by atoms with Gasteiger partial charge in [-0.15, -0.1) is 0 Å². The van der Waals surface area contributed by atoms with E-state index in [2.05, 4.69) is 5.48 Å². The first-order valence-corrected chi connectivity index (χ1v) is 8.32. The minimum atomic E-state index is -0.385. The molecule has 1 aromatic carbocycles. The van der Waals surface area contributed by atoms with Gasteiger partial charge >= 0.3 is 0 Å². The Kier molecular flexibility index (Phi) is 5.66. The zero-order valence-electron chi connectivity index (χ0n) is 13.5. The molecule has 1 atom stereocenters. The summed E-state index contributed by atoms with van der Waals surface area (Å²) in [5.74, 6) is 0.271. The van der Waals surface area contributed by atoms with E-state index in [0.717, 1.165) is 24.9 Å². The zero-order valence-corrected chi connectivity index (χ0v) is 13.5. The zero-order chi connectivity index (χ0) is 16.8. The third-order valence-corrected chi connectivity index (χ3v) is 4.04. The summed E-state index contributed by atoms with van der Waals surface area (Å²) in [5.41, 5.74) is 3.12. The first-order valence-electron chi connectivity index (χ1n) is 8.32. The van der Waals surface area contributed by atoms with Gasteiger partial charge in [0.1, 0.15) is 12.4 Å². The van der Waals surface area contributed by atoms with Crippen LogP contribution in [0.5, 0.6) is 5.75 Å². The van der Waals surface area contributed by atoms with Crippen molar-refractivity contribution in [3.05, 3.63) is 24.3 Å². The molecule has 1 aromatic rings.